The highest BCUT2D eigenvalue weighted by molar-refractivity contribution is 5.84. The number of benzene rings is 1. The molecule has 0 unspecified atom stereocenters. The normalized spacial score (nSPS) is 10.7. The summed E-state index contributed by atoms with van der Waals surface area (Å²) in [5.41, 5.74) is 3.20. The number of para-hydroxylation sites is 1. The first-order valence-electron chi connectivity index (χ1n) is 6.24. The molecule has 2 aromatic heterocycles. The molecule has 0 radical (unpaired) electrons. The second-order valence-electron chi connectivity index (χ2n) is 4.15. The molecule has 0 aliphatic heterocycles. The number of nitrogens with two attached hydrogens (primary N) is 1. The Balaban J connectivity index is 2.04. The van der Waals surface area contributed by atoms with Crippen LogP contribution in [0.15, 0.2) is 36.7 Å². The maximum atomic E-state index is 5.79. The van der Waals surface area contributed by atoms with Crippen molar-refractivity contribution < 1.29 is 4.74 Å². The van der Waals surface area contributed by atoms with E-state index in [0.717, 1.165) is 17.4 Å². The first-order chi connectivity index (χ1) is 9.80. The van der Waals surface area contributed by atoms with Gasteiger partial charge in [-0.1, -0.05) is 12.1 Å². The van der Waals surface area contributed by atoms with E-state index >= 15 is 0 Å². The minimum absolute atomic E-state index is 0.307. The van der Waals surface area contributed by atoms with E-state index in [4.69, 9.17) is 10.6 Å². The number of nitrogens with zero attached hydrogens (tertiary/aromatic N) is 4. The van der Waals surface area contributed by atoms with E-state index in [-0.39, 0.29) is 0 Å². The quantitative estimate of drug-likeness (QED) is 0.556. The monoisotopic (exact) mass is 270 g/mol. The van der Waals surface area contributed by atoms with Crippen molar-refractivity contribution in [2.45, 2.75) is 13.5 Å². The number of ether oxygens (including phenoxy) is 1. The fourth-order valence-electron chi connectivity index (χ4n) is 1.87. The molecule has 3 aromatic rings. The van der Waals surface area contributed by atoms with E-state index in [9.17, 15) is 0 Å². The summed E-state index contributed by atoms with van der Waals surface area (Å²) in [7, 11) is 0. The van der Waals surface area contributed by atoms with Gasteiger partial charge in [0.25, 0.3) is 0 Å². The maximum absolute atomic E-state index is 5.79. The summed E-state index contributed by atoms with van der Waals surface area (Å²) < 4.78 is 7.57. The molecule has 0 aliphatic carbocycles. The van der Waals surface area contributed by atoms with Gasteiger partial charge < -0.3 is 4.74 Å². The zero-order valence-corrected chi connectivity index (χ0v) is 10.9. The van der Waals surface area contributed by atoms with Crippen LogP contribution in [0.1, 0.15) is 6.92 Å². The number of hydrazine groups is 1. The highest BCUT2D eigenvalue weighted by Gasteiger charge is 2.10. The molecule has 3 rings (SSSR count). The van der Waals surface area contributed by atoms with Crippen molar-refractivity contribution in [2.24, 2.45) is 5.84 Å². The predicted octanol–water partition coefficient (Wildman–Crippen LogP) is 1.92. The molecule has 0 atom stereocenters. The van der Waals surface area contributed by atoms with Gasteiger partial charge in [0.1, 0.15) is 0 Å². The fourth-order valence-corrected chi connectivity index (χ4v) is 1.87. The van der Waals surface area contributed by atoms with Gasteiger partial charge in [0.2, 0.25) is 11.8 Å². The van der Waals surface area contributed by atoms with Crippen molar-refractivity contribution in [3.8, 4) is 11.6 Å². The summed E-state index contributed by atoms with van der Waals surface area (Å²) in [6, 6.07) is 7.58. The molecule has 0 bridgehead atoms. The third-order valence-corrected chi connectivity index (χ3v) is 2.85. The molecule has 20 heavy (non-hydrogen) atoms. The third-order valence-electron chi connectivity index (χ3n) is 2.85. The van der Waals surface area contributed by atoms with Crippen molar-refractivity contribution in [3.05, 3.63) is 36.7 Å². The molecule has 0 spiro atoms. The van der Waals surface area contributed by atoms with Crippen LogP contribution in [0.4, 0.5) is 5.95 Å². The zero-order valence-electron chi connectivity index (χ0n) is 10.9. The zero-order chi connectivity index (χ0) is 13.9. The summed E-state index contributed by atoms with van der Waals surface area (Å²) >= 11 is 0. The second kappa shape index (κ2) is 5.14. The number of aromatic nitrogens is 4. The molecule has 0 saturated heterocycles. The van der Waals surface area contributed by atoms with E-state index in [1.807, 2.05) is 37.4 Å². The summed E-state index contributed by atoms with van der Waals surface area (Å²) in [6.45, 7) is 2.79. The van der Waals surface area contributed by atoms with Crippen LogP contribution in [-0.4, -0.2) is 19.7 Å². The lowest BCUT2D eigenvalue weighted by molar-refractivity contribution is 0.467. The Labute approximate surface area is 115 Å². The molecule has 7 nitrogen and oxygen atoms in total. The van der Waals surface area contributed by atoms with Gasteiger partial charge in [-0.2, -0.15) is 10.1 Å². The Morgan fingerprint density at radius 2 is 2.15 bits per heavy atom. The summed E-state index contributed by atoms with van der Waals surface area (Å²) in [5, 5.41) is 4.98. The van der Waals surface area contributed by atoms with Crippen molar-refractivity contribution in [1.29, 1.82) is 0 Å². The maximum Gasteiger partial charge on any atom is 0.241 e. The van der Waals surface area contributed by atoms with Gasteiger partial charge in [-0.25, -0.2) is 10.8 Å². The molecule has 0 saturated carbocycles. The molecular formula is C13H14N6O. The molecule has 1 aromatic carbocycles. The highest BCUT2D eigenvalue weighted by atomic mass is 16.5. The largest absolute Gasteiger partial charge is 0.435 e. The van der Waals surface area contributed by atoms with Crippen LogP contribution in [0, 0.1) is 0 Å². The molecule has 2 heterocycles. The molecular weight excluding hydrogens is 256 g/mol. The average Bonchev–Trinajstić information content (AvgIpc) is 2.94. The number of rotatable bonds is 4. The van der Waals surface area contributed by atoms with Gasteiger partial charge in [-0.3, -0.25) is 10.1 Å². The lowest BCUT2D eigenvalue weighted by Gasteiger charge is -2.07. The number of hydrogen-bond donors (Lipinski definition) is 2. The van der Waals surface area contributed by atoms with E-state index < -0.39 is 0 Å². The van der Waals surface area contributed by atoms with E-state index in [1.54, 1.807) is 10.9 Å². The Bertz CT molecular complexity index is 739. The average molecular weight is 270 g/mol. The summed E-state index contributed by atoms with van der Waals surface area (Å²) in [6.07, 6.45) is 3.46. The minimum atomic E-state index is 0.307. The van der Waals surface area contributed by atoms with Crippen molar-refractivity contribution in [2.75, 3.05) is 5.43 Å². The highest BCUT2D eigenvalue weighted by Crippen LogP contribution is 2.27. The predicted molar refractivity (Wildman–Crippen MR) is 75.3 cm³/mol. The van der Waals surface area contributed by atoms with Crippen LogP contribution in [0.25, 0.3) is 10.9 Å². The molecule has 102 valence electrons. The number of aryl methyl sites for hydroxylation is 1. The van der Waals surface area contributed by atoms with Crippen LogP contribution in [0.5, 0.6) is 11.6 Å². The van der Waals surface area contributed by atoms with Crippen LogP contribution < -0.4 is 16.0 Å². The van der Waals surface area contributed by atoms with E-state index in [0.29, 0.717) is 17.6 Å². The number of fused-ring (bicyclic) bond motifs is 1. The van der Waals surface area contributed by atoms with Gasteiger partial charge in [0.05, 0.1) is 23.3 Å². The first kappa shape index (κ1) is 12.4. The molecule has 3 N–H and O–H groups in total. The molecule has 7 heteroatoms. The molecule has 0 aliphatic rings. The van der Waals surface area contributed by atoms with Gasteiger partial charge in [0, 0.05) is 6.54 Å². The molecule has 0 fully saturated rings. The Morgan fingerprint density at radius 1 is 1.30 bits per heavy atom. The number of anilines is 1. The number of nitrogens with one attached hydrogen (secondary N) is 1. The van der Waals surface area contributed by atoms with Crippen LogP contribution >= 0.6 is 0 Å². The standard InChI is InChI=1S/C13H14N6O/c1-2-19-8-9(7-15-19)20-12-10-5-3-4-6-11(10)16-13(17-12)18-14/h3-8H,2,14H2,1H3,(H,16,17,18). The fraction of sp³-hybridized carbons (Fsp3) is 0.154. The van der Waals surface area contributed by atoms with Crippen molar-refractivity contribution >= 4 is 16.9 Å². The van der Waals surface area contributed by atoms with Gasteiger partial charge >= 0.3 is 0 Å². The van der Waals surface area contributed by atoms with Crippen molar-refractivity contribution in [1.82, 2.24) is 19.7 Å². The van der Waals surface area contributed by atoms with Gasteiger partial charge in [-0.05, 0) is 19.1 Å². The smallest absolute Gasteiger partial charge is 0.241 e. The van der Waals surface area contributed by atoms with Gasteiger partial charge in [-0.15, -0.1) is 0 Å². The Kier molecular flexibility index (Phi) is 3.18. The number of hydrogen-bond acceptors (Lipinski definition) is 6. The first-order valence-corrected chi connectivity index (χ1v) is 6.24. The van der Waals surface area contributed by atoms with Crippen LogP contribution in [0.3, 0.4) is 0 Å². The van der Waals surface area contributed by atoms with E-state index in [2.05, 4.69) is 20.5 Å². The molecule has 0 amide bonds. The summed E-state index contributed by atoms with van der Waals surface area (Å²) in [5.74, 6) is 6.76. The Morgan fingerprint density at radius 3 is 2.90 bits per heavy atom. The minimum Gasteiger partial charge on any atom is -0.435 e. The topological polar surface area (TPSA) is 90.9 Å². The third kappa shape index (κ3) is 2.26. The van der Waals surface area contributed by atoms with Gasteiger partial charge in [0.15, 0.2) is 5.75 Å². The second-order valence-corrected chi connectivity index (χ2v) is 4.15. The van der Waals surface area contributed by atoms with Crippen molar-refractivity contribution in [3.63, 3.8) is 0 Å². The summed E-state index contributed by atoms with van der Waals surface area (Å²) in [4.78, 5) is 8.51. The van der Waals surface area contributed by atoms with Crippen LogP contribution in [0.2, 0.25) is 0 Å². The SMILES string of the molecule is CCn1cc(Oc2nc(NN)nc3ccccc23)cn1. The number of nitrogen functional groups attached to an aromatic ring is 1. The lowest BCUT2D eigenvalue weighted by Crippen LogP contribution is -2.10. The Hall–Kier alpha value is -2.67. The lowest BCUT2D eigenvalue weighted by atomic mass is 10.2. The van der Waals surface area contributed by atoms with Crippen LogP contribution in [-0.2, 0) is 6.54 Å². The van der Waals surface area contributed by atoms with E-state index in [1.165, 1.54) is 0 Å².